The summed E-state index contributed by atoms with van der Waals surface area (Å²) in [5.41, 5.74) is 2.42. The highest BCUT2D eigenvalue weighted by Crippen LogP contribution is 2.25. The van der Waals surface area contributed by atoms with Crippen molar-refractivity contribution >= 4 is 27.0 Å². The zero-order valence-corrected chi connectivity index (χ0v) is 11.6. The largest absolute Gasteiger partial charge is 0.345 e. The Morgan fingerprint density at radius 3 is 2.84 bits per heavy atom. The van der Waals surface area contributed by atoms with Crippen molar-refractivity contribution in [1.82, 2.24) is 15.0 Å². The van der Waals surface area contributed by atoms with E-state index in [9.17, 15) is 4.39 Å². The summed E-state index contributed by atoms with van der Waals surface area (Å²) in [5.74, 6) is -0.166. The second-order valence-electron chi connectivity index (χ2n) is 4.27. The van der Waals surface area contributed by atoms with Crippen LogP contribution in [0.1, 0.15) is 11.3 Å². The number of nitrogens with one attached hydrogen (secondary N) is 1. The summed E-state index contributed by atoms with van der Waals surface area (Å²) in [4.78, 5) is 11.5. The van der Waals surface area contributed by atoms with E-state index in [1.165, 1.54) is 12.4 Å². The van der Waals surface area contributed by atoms with E-state index < -0.39 is 0 Å². The van der Waals surface area contributed by atoms with Crippen molar-refractivity contribution in [2.24, 2.45) is 0 Å². The lowest BCUT2D eigenvalue weighted by atomic mass is 10.1. The van der Waals surface area contributed by atoms with E-state index in [0.29, 0.717) is 18.4 Å². The molecule has 0 atom stereocenters. The van der Waals surface area contributed by atoms with Gasteiger partial charge in [-0.2, -0.15) is 0 Å². The Hall–Kier alpha value is -1.75. The molecular weight excluding hydrogens is 309 g/mol. The van der Waals surface area contributed by atoms with E-state index in [1.807, 2.05) is 12.3 Å². The molecule has 0 radical (unpaired) electrons. The maximum Gasteiger partial charge on any atom is 0.142 e. The molecule has 0 unspecified atom stereocenters. The molecule has 0 aliphatic heterocycles. The van der Waals surface area contributed by atoms with Crippen LogP contribution in [0.4, 0.5) is 4.39 Å². The predicted molar refractivity (Wildman–Crippen MR) is 75.4 cm³/mol. The van der Waals surface area contributed by atoms with Crippen molar-refractivity contribution in [3.8, 4) is 0 Å². The SMILES string of the molecule is Fc1ccccc1CCc1ncnc2[nH]cc(Br)c12. The number of aromatic nitrogens is 3. The second kappa shape index (κ2) is 5.09. The van der Waals surface area contributed by atoms with Crippen molar-refractivity contribution in [3.63, 3.8) is 0 Å². The summed E-state index contributed by atoms with van der Waals surface area (Å²) in [7, 11) is 0. The molecule has 2 aromatic heterocycles. The molecule has 3 nitrogen and oxygen atoms in total. The van der Waals surface area contributed by atoms with Crippen molar-refractivity contribution in [2.75, 3.05) is 0 Å². The number of aryl methyl sites for hydroxylation is 2. The first-order valence-corrected chi connectivity index (χ1v) is 6.75. The van der Waals surface area contributed by atoms with Crippen LogP contribution in [0.15, 0.2) is 41.3 Å². The summed E-state index contributed by atoms with van der Waals surface area (Å²) in [6.45, 7) is 0. The number of hydrogen-bond acceptors (Lipinski definition) is 2. The Balaban J connectivity index is 1.90. The normalized spacial score (nSPS) is 11.1. The van der Waals surface area contributed by atoms with Gasteiger partial charge in [-0.15, -0.1) is 0 Å². The molecule has 1 aromatic carbocycles. The van der Waals surface area contributed by atoms with Gasteiger partial charge in [0.2, 0.25) is 0 Å². The predicted octanol–water partition coefficient (Wildman–Crippen LogP) is 3.64. The van der Waals surface area contributed by atoms with Gasteiger partial charge in [0, 0.05) is 10.7 Å². The Labute approximate surface area is 118 Å². The standard InChI is InChI=1S/C14H11BrFN3/c15-10-7-17-14-13(10)12(18-8-19-14)6-5-9-3-1-2-4-11(9)16/h1-4,7-8H,5-6H2,(H,17,18,19). The lowest BCUT2D eigenvalue weighted by molar-refractivity contribution is 0.608. The molecule has 96 valence electrons. The first-order valence-electron chi connectivity index (χ1n) is 5.95. The number of benzene rings is 1. The van der Waals surface area contributed by atoms with Crippen LogP contribution in [0.2, 0.25) is 0 Å². The fourth-order valence-electron chi connectivity index (χ4n) is 2.13. The van der Waals surface area contributed by atoms with Crippen LogP contribution in [-0.4, -0.2) is 15.0 Å². The Morgan fingerprint density at radius 1 is 1.16 bits per heavy atom. The van der Waals surface area contributed by atoms with Gasteiger partial charge in [-0.1, -0.05) is 18.2 Å². The summed E-state index contributed by atoms with van der Waals surface area (Å²) in [6, 6.07) is 6.83. The van der Waals surface area contributed by atoms with Gasteiger partial charge in [0.1, 0.15) is 17.8 Å². The molecule has 1 N–H and O–H groups in total. The van der Waals surface area contributed by atoms with Gasteiger partial charge in [0.25, 0.3) is 0 Å². The maximum atomic E-state index is 13.6. The smallest absolute Gasteiger partial charge is 0.142 e. The van der Waals surface area contributed by atoms with Crippen LogP contribution >= 0.6 is 15.9 Å². The lowest BCUT2D eigenvalue weighted by Crippen LogP contribution is -1.98. The highest BCUT2D eigenvalue weighted by Gasteiger charge is 2.10. The molecule has 5 heteroatoms. The van der Waals surface area contributed by atoms with Crippen LogP contribution in [0.5, 0.6) is 0 Å². The molecule has 0 bridgehead atoms. The fraction of sp³-hybridized carbons (Fsp3) is 0.143. The zero-order chi connectivity index (χ0) is 13.2. The Morgan fingerprint density at radius 2 is 2.00 bits per heavy atom. The molecule has 19 heavy (non-hydrogen) atoms. The number of H-pyrrole nitrogens is 1. The van der Waals surface area contributed by atoms with Gasteiger partial charge in [0.05, 0.1) is 11.1 Å². The van der Waals surface area contributed by atoms with Crippen LogP contribution in [0.3, 0.4) is 0 Å². The van der Waals surface area contributed by atoms with Crippen LogP contribution in [0, 0.1) is 5.82 Å². The highest BCUT2D eigenvalue weighted by molar-refractivity contribution is 9.10. The number of fused-ring (bicyclic) bond motifs is 1. The summed E-state index contributed by atoms with van der Waals surface area (Å²) in [5, 5.41) is 0.971. The fourth-order valence-corrected chi connectivity index (χ4v) is 2.66. The van der Waals surface area contributed by atoms with Crippen LogP contribution in [-0.2, 0) is 12.8 Å². The summed E-state index contributed by atoms with van der Waals surface area (Å²) in [6.07, 6.45) is 4.67. The number of nitrogens with zero attached hydrogens (tertiary/aromatic N) is 2. The van der Waals surface area contributed by atoms with E-state index >= 15 is 0 Å². The minimum Gasteiger partial charge on any atom is -0.345 e. The molecule has 0 fully saturated rings. The molecule has 0 spiro atoms. The number of rotatable bonds is 3. The quantitative estimate of drug-likeness (QED) is 0.800. The molecule has 0 aliphatic rings. The molecule has 2 heterocycles. The molecule has 3 rings (SSSR count). The zero-order valence-electron chi connectivity index (χ0n) is 10.0. The van der Waals surface area contributed by atoms with Crippen LogP contribution in [0.25, 0.3) is 11.0 Å². The first-order chi connectivity index (χ1) is 9.25. The van der Waals surface area contributed by atoms with Gasteiger partial charge in [-0.05, 0) is 40.4 Å². The first kappa shape index (κ1) is 12.3. The Kier molecular flexibility index (Phi) is 3.29. The van der Waals surface area contributed by atoms with Gasteiger partial charge in [-0.3, -0.25) is 0 Å². The minimum absolute atomic E-state index is 0.166. The van der Waals surface area contributed by atoms with E-state index in [4.69, 9.17) is 0 Å². The van der Waals surface area contributed by atoms with Crippen molar-refractivity contribution in [2.45, 2.75) is 12.8 Å². The monoisotopic (exact) mass is 319 g/mol. The average Bonchev–Trinajstić information content (AvgIpc) is 2.80. The van der Waals surface area contributed by atoms with E-state index in [1.54, 1.807) is 12.1 Å². The van der Waals surface area contributed by atoms with Gasteiger partial charge in [-0.25, -0.2) is 14.4 Å². The third kappa shape index (κ3) is 2.38. The molecule has 0 saturated carbocycles. The minimum atomic E-state index is -0.166. The van der Waals surface area contributed by atoms with Crippen molar-refractivity contribution in [3.05, 3.63) is 58.3 Å². The number of halogens is 2. The third-order valence-corrected chi connectivity index (χ3v) is 3.71. The number of hydrogen-bond donors (Lipinski definition) is 1. The maximum absolute atomic E-state index is 13.6. The lowest BCUT2D eigenvalue weighted by Gasteiger charge is -2.04. The Bertz CT molecular complexity index is 724. The average molecular weight is 320 g/mol. The third-order valence-electron chi connectivity index (χ3n) is 3.09. The summed E-state index contributed by atoms with van der Waals surface area (Å²) < 4.78 is 14.5. The van der Waals surface area contributed by atoms with Gasteiger partial charge < -0.3 is 4.98 Å². The molecule has 3 aromatic rings. The van der Waals surface area contributed by atoms with Gasteiger partial charge in [0.15, 0.2) is 0 Å². The van der Waals surface area contributed by atoms with Crippen molar-refractivity contribution < 1.29 is 4.39 Å². The van der Waals surface area contributed by atoms with E-state index in [2.05, 4.69) is 30.9 Å². The van der Waals surface area contributed by atoms with E-state index in [-0.39, 0.29) is 5.82 Å². The second-order valence-corrected chi connectivity index (χ2v) is 5.13. The van der Waals surface area contributed by atoms with Crippen molar-refractivity contribution in [1.29, 1.82) is 0 Å². The number of aromatic amines is 1. The van der Waals surface area contributed by atoms with E-state index in [0.717, 1.165) is 21.2 Å². The van der Waals surface area contributed by atoms with Crippen LogP contribution < -0.4 is 0 Å². The molecule has 0 saturated heterocycles. The van der Waals surface area contributed by atoms with Gasteiger partial charge >= 0.3 is 0 Å². The molecule has 0 amide bonds. The molecule has 0 aliphatic carbocycles. The highest BCUT2D eigenvalue weighted by atomic mass is 79.9. The molecular formula is C14H11BrFN3. The summed E-state index contributed by atoms with van der Waals surface area (Å²) >= 11 is 3.47. The topological polar surface area (TPSA) is 41.6 Å².